The van der Waals surface area contributed by atoms with Crippen LogP contribution in [0.5, 0.6) is 0 Å². The first-order valence-electron chi connectivity index (χ1n) is 7.82. The van der Waals surface area contributed by atoms with Crippen LogP contribution >= 0.6 is 0 Å². The van der Waals surface area contributed by atoms with E-state index in [1.165, 1.54) is 28.9 Å². The first-order valence-corrected chi connectivity index (χ1v) is 7.82. The average molecular weight is 350 g/mol. The Morgan fingerprint density at radius 1 is 1.23 bits per heavy atom. The second-order valence-electron chi connectivity index (χ2n) is 5.50. The van der Waals surface area contributed by atoms with Gasteiger partial charge in [0.25, 0.3) is 0 Å². The van der Waals surface area contributed by atoms with E-state index in [0.717, 1.165) is 5.56 Å². The molecule has 0 fully saturated rings. The Kier molecular flexibility index (Phi) is 4.94. The van der Waals surface area contributed by atoms with Crippen molar-refractivity contribution in [1.29, 1.82) is 5.26 Å². The first-order chi connectivity index (χ1) is 12.6. The van der Waals surface area contributed by atoms with Gasteiger partial charge in [-0.25, -0.2) is 13.9 Å². The van der Waals surface area contributed by atoms with E-state index < -0.39 is 11.9 Å². The van der Waals surface area contributed by atoms with Gasteiger partial charge in [-0.05, 0) is 36.8 Å². The monoisotopic (exact) mass is 350 g/mol. The molecule has 0 radical (unpaired) electrons. The Balaban J connectivity index is 1.83. The summed E-state index contributed by atoms with van der Waals surface area (Å²) in [5.74, 6) is -0.218. The van der Waals surface area contributed by atoms with Gasteiger partial charge in [0.15, 0.2) is 5.82 Å². The molecule has 0 spiro atoms. The third-order valence-electron chi connectivity index (χ3n) is 3.68. The maximum Gasteiger partial charge on any atom is 0.413 e. The summed E-state index contributed by atoms with van der Waals surface area (Å²) in [6.07, 6.45) is -0.714. The molecule has 2 aromatic carbocycles. The molecule has 7 heteroatoms. The van der Waals surface area contributed by atoms with Crippen LogP contribution in [0, 0.1) is 24.1 Å². The number of nitrogens with zero attached hydrogens (tertiary/aromatic N) is 3. The number of benzene rings is 2. The van der Waals surface area contributed by atoms with Crippen LogP contribution in [0.1, 0.15) is 16.8 Å². The maximum absolute atomic E-state index is 13.2. The third kappa shape index (κ3) is 3.70. The maximum atomic E-state index is 13.2. The SMILES string of the molecule is Cc1nn(-c2ccc(F)cc2)c(NC(=O)OCc2ccccc2)c1C#N. The van der Waals surface area contributed by atoms with Gasteiger partial charge in [-0.1, -0.05) is 30.3 Å². The molecule has 0 aliphatic carbocycles. The van der Waals surface area contributed by atoms with Crippen LogP contribution in [0.4, 0.5) is 15.0 Å². The highest BCUT2D eigenvalue weighted by Gasteiger charge is 2.19. The fourth-order valence-corrected chi connectivity index (χ4v) is 2.40. The number of amides is 1. The second-order valence-corrected chi connectivity index (χ2v) is 5.50. The lowest BCUT2D eigenvalue weighted by molar-refractivity contribution is 0.155. The number of hydrogen-bond donors (Lipinski definition) is 1. The van der Waals surface area contributed by atoms with Crippen LogP contribution in [0.2, 0.25) is 0 Å². The van der Waals surface area contributed by atoms with Gasteiger partial charge in [0.05, 0.1) is 11.4 Å². The summed E-state index contributed by atoms with van der Waals surface area (Å²) >= 11 is 0. The second kappa shape index (κ2) is 7.49. The summed E-state index contributed by atoms with van der Waals surface area (Å²) in [6.45, 7) is 1.75. The van der Waals surface area contributed by atoms with Crippen molar-refractivity contribution in [3.8, 4) is 11.8 Å². The summed E-state index contributed by atoms with van der Waals surface area (Å²) in [5.41, 5.74) is 2.00. The Morgan fingerprint density at radius 3 is 2.58 bits per heavy atom. The van der Waals surface area contributed by atoms with Crippen LogP contribution in [0.3, 0.4) is 0 Å². The third-order valence-corrected chi connectivity index (χ3v) is 3.68. The minimum Gasteiger partial charge on any atom is -0.444 e. The number of hydrogen-bond acceptors (Lipinski definition) is 4. The largest absolute Gasteiger partial charge is 0.444 e. The highest BCUT2D eigenvalue weighted by Crippen LogP contribution is 2.23. The van der Waals surface area contributed by atoms with Crippen molar-refractivity contribution < 1.29 is 13.9 Å². The number of rotatable bonds is 4. The summed E-state index contributed by atoms with van der Waals surface area (Å²) in [4.78, 5) is 12.2. The fraction of sp³-hybridized carbons (Fsp3) is 0.105. The van der Waals surface area contributed by atoms with Crippen molar-refractivity contribution in [2.24, 2.45) is 0 Å². The van der Waals surface area contributed by atoms with Crippen LogP contribution in [0.15, 0.2) is 54.6 Å². The molecule has 130 valence electrons. The zero-order valence-electron chi connectivity index (χ0n) is 13.9. The van der Waals surface area contributed by atoms with Crippen LogP contribution < -0.4 is 5.32 Å². The van der Waals surface area contributed by atoms with E-state index in [9.17, 15) is 14.4 Å². The first kappa shape index (κ1) is 17.2. The van der Waals surface area contributed by atoms with E-state index >= 15 is 0 Å². The summed E-state index contributed by atoms with van der Waals surface area (Å²) in [6, 6.07) is 16.8. The number of aryl methyl sites for hydroxylation is 1. The minimum absolute atomic E-state index is 0.0955. The number of nitrogens with one attached hydrogen (secondary N) is 1. The summed E-state index contributed by atoms with van der Waals surface area (Å²) in [5, 5.41) is 16.2. The molecule has 3 rings (SSSR count). The molecule has 0 saturated heterocycles. The Hall–Kier alpha value is -3.66. The van der Waals surface area contributed by atoms with Crippen LogP contribution in [0.25, 0.3) is 5.69 Å². The molecule has 0 aliphatic rings. The Labute approximate surface area is 149 Å². The van der Waals surface area contributed by atoms with Gasteiger partial charge in [-0.15, -0.1) is 0 Å². The quantitative estimate of drug-likeness (QED) is 0.773. The molecule has 0 aliphatic heterocycles. The molecule has 26 heavy (non-hydrogen) atoms. The van der Waals surface area contributed by atoms with Crippen LogP contribution in [-0.4, -0.2) is 15.9 Å². The van der Waals surface area contributed by atoms with Crippen molar-refractivity contribution in [3.63, 3.8) is 0 Å². The molecule has 1 N–H and O–H groups in total. The number of carbonyl (C=O) groups is 1. The van der Waals surface area contributed by atoms with E-state index in [1.54, 1.807) is 6.92 Å². The molecule has 0 saturated carbocycles. The number of nitriles is 1. The van der Waals surface area contributed by atoms with Gasteiger partial charge in [0.2, 0.25) is 0 Å². The normalized spacial score (nSPS) is 10.2. The van der Waals surface area contributed by atoms with Gasteiger partial charge in [0.1, 0.15) is 24.1 Å². The number of carbonyl (C=O) groups excluding carboxylic acids is 1. The fourth-order valence-electron chi connectivity index (χ4n) is 2.40. The van der Waals surface area contributed by atoms with Crippen molar-refractivity contribution in [2.75, 3.05) is 5.32 Å². The van der Waals surface area contributed by atoms with E-state index in [4.69, 9.17) is 4.74 Å². The van der Waals surface area contributed by atoms with Crippen LogP contribution in [-0.2, 0) is 11.3 Å². The molecule has 6 nitrogen and oxygen atoms in total. The lowest BCUT2D eigenvalue weighted by atomic mass is 10.2. The van der Waals surface area contributed by atoms with E-state index in [2.05, 4.69) is 10.4 Å². The molecule has 1 amide bonds. The van der Waals surface area contributed by atoms with E-state index in [1.807, 2.05) is 36.4 Å². The molecule has 0 atom stereocenters. The Morgan fingerprint density at radius 2 is 1.92 bits per heavy atom. The zero-order valence-corrected chi connectivity index (χ0v) is 13.9. The predicted octanol–water partition coefficient (Wildman–Crippen LogP) is 3.94. The van der Waals surface area contributed by atoms with E-state index in [0.29, 0.717) is 11.4 Å². The molecule has 0 unspecified atom stereocenters. The van der Waals surface area contributed by atoms with E-state index in [-0.39, 0.29) is 18.0 Å². The lowest BCUT2D eigenvalue weighted by Gasteiger charge is -2.10. The van der Waals surface area contributed by atoms with Crippen molar-refractivity contribution in [3.05, 3.63) is 77.2 Å². The van der Waals surface area contributed by atoms with Gasteiger partial charge in [-0.3, -0.25) is 5.32 Å². The van der Waals surface area contributed by atoms with Gasteiger partial charge in [-0.2, -0.15) is 10.4 Å². The molecule has 3 aromatic rings. The van der Waals surface area contributed by atoms with Gasteiger partial charge >= 0.3 is 6.09 Å². The number of anilines is 1. The topological polar surface area (TPSA) is 79.9 Å². The predicted molar refractivity (Wildman–Crippen MR) is 93.2 cm³/mol. The number of aromatic nitrogens is 2. The molecule has 1 heterocycles. The molecular formula is C19H15FN4O2. The lowest BCUT2D eigenvalue weighted by Crippen LogP contribution is -2.17. The summed E-state index contributed by atoms with van der Waals surface area (Å²) in [7, 11) is 0. The highest BCUT2D eigenvalue weighted by atomic mass is 19.1. The number of halogens is 1. The standard InChI is InChI=1S/C19H15FN4O2/c1-13-17(11-21)18(24(23-13)16-9-7-15(20)8-10-16)22-19(25)26-12-14-5-3-2-4-6-14/h2-10H,12H2,1H3,(H,22,25). The minimum atomic E-state index is -0.714. The number of ether oxygens (including phenoxy) is 1. The highest BCUT2D eigenvalue weighted by molar-refractivity contribution is 5.86. The van der Waals surface area contributed by atoms with Crippen molar-refractivity contribution in [2.45, 2.75) is 13.5 Å². The Bertz CT molecular complexity index is 960. The molecule has 0 bridgehead atoms. The summed E-state index contributed by atoms with van der Waals surface area (Å²) < 4.78 is 19.7. The van der Waals surface area contributed by atoms with Gasteiger partial charge in [0, 0.05) is 0 Å². The average Bonchev–Trinajstić information content (AvgIpc) is 2.96. The van der Waals surface area contributed by atoms with Gasteiger partial charge < -0.3 is 4.74 Å². The van der Waals surface area contributed by atoms with Crippen molar-refractivity contribution >= 4 is 11.9 Å². The van der Waals surface area contributed by atoms with Crippen molar-refractivity contribution in [1.82, 2.24) is 9.78 Å². The smallest absolute Gasteiger partial charge is 0.413 e. The molecule has 1 aromatic heterocycles. The zero-order chi connectivity index (χ0) is 18.5. The molecular weight excluding hydrogens is 335 g/mol.